The molecule has 1 aromatic heterocycles. The van der Waals surface area contributed by atoms with E-state index in [0.717, 1.165) is 16.7 Å². The third-order valence-electron chi connectivity index (χ3n) is 4.47. The van der Waals surface area contributed by atoms with Crippen molar-refractivity contribution in [3.05, 3.63) is 58.8 Å². The summed E-state index contributed by atoms with van der Waals surface area (Å²) in [5, 5.41) is 10.8. The van der Waals surface area contributed by atoms with Gasteiger partial charge in [0.05, 0.1) is 26.5 Å². The summed E-state index contributed by atoms with van der Waals surface area (Å²) in [5.41, 5.74) is 10.0. The number of benzene rings is 2. The van der Waals surface area contributed by atoms with Crippen LogP contribution in [0.4, 0.5) is 11.5 Å². The second-order valence-electron chi connectivity index (χ2n) is 6.43. The minimum absolute atomic E-state index is 0.0585. The van der Waals surface area contributed by atoms with Crippen LogP contribution in [0.1, 0.15) is 27.2 Å². The number of hydrogen-bond donors (Lipinski definition) is 2. The number of carbonyl (C=O) groups excluding carboxylic acids is 1. The van der Waals surface area contributed by atoms with Crippen molar-refractivity contribution >= 4 is 17.4 Å². The highest BCUT2D eigenvalue weighted by Crippen LogP contribution is 2.29. The van der Waals surface area contributed by atoms with Crippen LogP contribution in [0.15, 0.2) is 36.4 Å². The monoisotopic (exact) mass is 381 g/mol. The normalized spacial score (nSPS) is 10.6. The Labute approximate surface area is 163 Å². The second-order valence-corrected chi connectivity index (χ2v) is 6.43. The minimum Gasteiger partial charge on any atom is -0.497 e. The number of carbonyl (C=O) groups is 1. The van der Waals surface area contributed by atoms with E-state index >= 15 is 0 Å². The average molecular weight is 381 g/mol. The molecule has 0 aliphatic carbocycles. The minimum atomic E-state index is -0.465. The highest BCUT2D eigenvalue weighted by molar-refractivity contribution is 6.06. The highest BCUT2D eigenvalue weighted by atomic mass is 16.5. The lowest BCUT2D eigenvalue weighted by atomic mass is 10.1. The summed E-state index contributed by atoms with van der Waals surface area (Å²) >= 11 is 0. The molecule has 0 aliphatic heterocycles. The molecule has 28 heavy (non-hydrogen) atoms. The molecule has 3 rings (SSSR count). The topological polar surface area (TPSA) is 104 Å². The van der Waals surface area contributed by atoms with E-state index in [0.29, 0.717) is 23.7 Å². The predicted octanol–water partition coefficient (Wildman–Crippen LogP) is 2.79. The molecule has 0 bridgehead atoms. The van der Waals surface area contributed by atoms with E-state index in [4.69, 9.17) is 15.2 Å². The average Bonchev–Trinajstić information content (AvgIpc) is 3.05. The standard InChI is InChI=1S/C20H23N5O3/c1-12-5-6-13(2)14(9-12)11-25-19(21)18(23-24-25)20(26)22-16-8-7-15(27-3)10-17(16)28-4/h5-10H,11,21H2,1-4H3,(H,22,26). The largest absolute Gasteiger partial charge is 0.497 e. The van der Waals surface area contributed by atoms with Crippen LogP contribution < -0.4 is 20.5 Å². The predicted molar refractivity (Wildman–Crippen MR) is 107 cm³/mol. The molecule has 1 amide bonds. The number of nitrogen functional groups attached to an aromatic ring is 1. The SMILES string of the molecule is COc1ccc(NC(=O)c2nnn(Cc3cc(C)ccc3C)c2N)c(OC)c1. The Morgan fingerprint density at radius 1 is 1.14 bits per heavy atom. The lowest BCUT2D eigenvalue weighted by Crippen LogP contribution is -2.16. The maximum absolute atomic E-state index is 12.7. The Morgan fingerprint density at radius 2 is 1.93 bits per heavy atom. The second kappa shape index (κ2) is 7.99. The summed E-state index contributed by atoms with van der Waals surface area (Å²) in [4.78, 5) is 12.7. The Bertz CT molecular complexity index is 1010. The molecule has 0 saturated heterocycles. The van der Waals surface area contributed by atoms with Crippen molar-refractivity contribution in [2.24, 2.45) is 0 Å². The van der Waals surface area contributed by atoms with Crippen LogP contribution in [-0.2, 0) is 6.54 Å². The summed E-state index contributed by atoms with van der Waals surface area (Å²) in [7, 11) is 3.07. The van der Waals surface area contributed by atoms with E-state index in [2.05, 4.69) is 21.7 Å². The van der Waals surface area contributed by atoms with Crippen LogP contribution in [-0.4, -0.2) is 35.1 Å². The molecule has 0 atom stereocenters. The molecule has 1 heterocycles. The number of ether oxygens (including phenoxy) is 2. The van der Waals surface area contributed by atoms with E-state index in [1.165, 1.54) is 11.8 Å². The fraction of sp³-hybridized carbons (Fsp3) is 0.250. The van der Waals surface area contributed by atoms with Gasteiger partial charge in [-0.25, -0.2) is 4.68 Å². The van der Waals surface area contributed by atoms with E-state index in [1.807, 2.05) is 26.0 Å². The molecule has 3 aromatic rings. The number of anilines is 2. The molecule has 0 fully saturated rings. The zero-order valence-corrected chi connectivity index (χ0v) is 16.3. The number of aromatic nitrogens is 3. The van der Waals surface area contributed by atoms with E-state index in [1.54, 1.807) is 25.3 Å². The van der Waals surface area contributed by atoms with E-state index in [-0.39, 0.29) is 11.5 Å². The first-order chi connectivity index (χ1) is 13.4. The van der Waals surface area contributed by atoms with Crippen LogP contribution >= 0.6 is 0 Å². The van der Waals surface area contributed by atoms with Crippen molar-refractivity contribution < 1.29 is 14.3 Å². The van der Waals surface area contributed by atoms with Gasteiger partial charge in [-0.3, -0.25) is 4.79 Å². The third-order valence-corrected chi connectivity index (χ3v) is 4.47. The van der Waals surface area contributed by atoms with Gasteiger partial charge in [0.2, 0.25) is 0 Å². The lowest BCUT2D eigenvalue weighted by Gasteiger charge is -2.11. The zero-order valence-electron chi connectivity index (χ0n) is 16.3. The summed E-state index contributed by atoms with van der Waals surface area (Å²) < 4.78 is 12.0. The van der Waals surface area contributed by atoms with Crippen molar-refractivity contribution in [1.82, 2.24) is 15.0 Å². The van der Waals surface area contributed by atoms with Gasteiger partial charge in [-0.15, -0.1) is 5.10 Å². The molecule has 0 aliphatic rings. The third kappa shape index (κ3) is 3.90. The number of nitrogens with two attached hydrogens (primary N) is 1. The summed E-state index contributed by atoms with van der Waals surface area (Å²) in [6.45, 7) is 4.48. The van der Waals surface area contributed by atoms with Crippen LogP contribution in [0.2, 0.25) is 0 Å². The highest BCUT2D eigenvalue weighted by Gasteiger charge is 2.19. The van der Waals surface area contributed by atoms with Crippen molar-refractivity contribution in [3.8, 4) is 11.5 Å². The van der Waals surface area contributed by atoms with Gasteiger partial charge in [-0.05, 0) is 37.1 Å². The molecular weight excluding hydrogens is 358 g/mol. The Morgan fingerprint density at radius 3 is 2.64 bits per heavy atom. The van der Waals surface area contributed by atoms with E-state index in [9.17, 15) is 4.79 Å². The maximum atomic E-state index is 12.7. The molecule has 8 heteroatoms. The number of methoxy groups -OCH3 is 2. The molecule has 0 radical (unpaired) electrons. The van der Waals surface area contributed by atoms with Gasteiger partial charge in [0, 0.05) is 6.07 Å². The number of amides is 1. The van der Waals surface area contributed by atoms with Crippen LogP contribution in [0.5, 0.6) is 11.5 Å². The Hall–Kier alpha value is -3.55. The maximum Gasteiger partial charge on any atom is 0.280 e. The smallest absolute Gasteiger partial charge is 0.280 e. The van der Waals surface area contributed by atoms with Crippen molar-refractivity contribution in [3.63, 3.8) is 0 Å². The number of aryl methyl sites for hydroxylation is 2. The molecule has 8 nitrogen and oxygen atoms in total. The summed E-state index contributed by atoms with van der Waals surface area (Å²) in [5.74, 6) is 0.821. The van der Waals surface area contributed by atoms with E-state index < -0.39 is 5.91 Å². The van der Waals surface area contributed by atoms with Gasteiger partial charge < -0.3 is 20.5 Å². The molecule has 3 N–H and O–H groups in total. The first-order valence-electron chi connectivity index (χ1n) is 8.71. The molecule has 0 saturated carbocycles. The first-order valence-corrected chi connectivity index (χ1v) is 8.71. The zero-order chi connectivity index (χ0) is 20.3. The van der Waals surface area contributed by atoms with Gasteiger partial charge in [0.1, 0.15) is 11.5 Å². The van der Waals surface area contributed by atoms with Crippen LogP contribution in [0, 0.1) is 13.8 Å². The number of rotatable bonds is 6. The number of nitrogens with one attached hydrogen (secondary N) is 1. The number of hydrogen-bond acceptors (Lipinski definition) is 6. The van der Waals surface area contributed by atoms with Crippen molar-refractivity contribution in [2.45, 2.75) is 20.4 Å². The van der Waals surface area contributed by atoms with Gasteiger partial charge in [-0.2, -0.15) is 0 Å². The molecule has 0 spiro atoms. The summed E-state index contributed by atoms with van der Waals surface area (Å²) in [6.07, 6.45) is 0. The van der Waals surface area contributed by atoms with Crippen LogP contribution in [0.25, 0.3) is 0 Å². The van der Waals surface area contributed by atoms with Crippen LogP contribution in [0.3, 0.4) is 0 Å². The Balaban J connectivity index is 1.81. The fourth-order valence-corrected chi connectivity index (χ4v) is 2.81. The quantitative estimate of drug-likeness (QED) is 0.680. The summed E-state index contributed by atoms with van der Waals surface area (Å²) in [6, 6.07) is 11.2. The van der Waals surface area contributed by atoms with Crippen molar-refractivity contribution in [1.29, 1.82) is 0 Å². The Kier molecular flexibility index (Phi) is 5.49. The fourth-order valence-electron chi connectivity index (χ4n) is 2.81. The number of nitrogens with zero attached hydrogens (tertiary/aromatic N) is 3. The van der Waals surface area contributed by atoms with Crippen molar-refractivity contribution in [2.75, 3.05) is 25.3 Å². The molecule has 0 unspecified atom stereocenters. The van der Waals surface area contributed by atoms with Gasteiger partial charge in [0.25, 0.3) is 5.91 Å². The van der Waals surface area contributed by atoms with Gasteiger partial charge >= 0.3 is 0 Å². The first kappa shape index (κ1) is 19.2. The molecular formula is C20H23N5O3. The molecule has 2 aromatic carbocycles. The van der Waals surface area contributed by atoms with Gasteiger partial charge in [-0.1, -0.05) is 29.0 Å². The molecule has 146 valence electrons. The van der Waals surface area contributed by atoms with Gasteiger partial charge in [0.15, 0.2) is 11.5 Å². The lowest BCUT2D eigenvalue weighted by molar-refractivity contribution is 0.102.